The largest absolute Gasteiger partial charge is 0.462 e. The fraction of sp³-hybridized carbons (Fsp3) is 0.462. The Morgan fingerprint density at radius 3 is 2.88 bits per heavy atom. The third-order valence-corrected chi connectivity index (χ3v) is 2.82. The Morgan fingerprint density at radius 2 is 2.24 bits per heavy atom. The number of ether oxygens (including phenoxy) is 1. The topological polar surface area (TPSA) is 52.3 Å². The zero-order valence-corrected chi connectivity index (χ0v) is 11.0. The Morgan fingerprint density at radius 1 is 1.53 bits per heavy atom. The molecular formula is C13H18ClNO2. The van der Waals surface area contributed by atoms with E-state index >= 15 is 0 Å². The molecule has 1 aromatic rings. The molecule has 0 bridgehead atoms. The maximum Gasteiger partial charge on any atom is 0.339 e. The van der Waals surface area contributed by atoms with Gasteiger partial charge in [-0.2, -0.15) is 0 Å². The van der Waals surface area contributed by atoms with E-state index in [1.165, 1.54) is 6.07 Å². The lowest BCUT2D eigenvalue weighted by molar-refractivity contribution is 0.0444. The highest BCUT2D eigenvalue weighted by Crippen LogP contribution is 2.20. The lowest BCUT2D eigenvalue weighted by atomic mass is 10.1. The summed E-state index contributed by atoms with van der Waals surface area (Å²) in [4.78, 5) is 11.8. The van der Waals surface area contributed by atoms with E-state index in [9.17, 15) is 4.79 Å². The van der Waals surface area contributed by atoms with Crippen molar-refractivity contribution < 1.29 is 9.53 Å². The van der Waals surface area contributed by atoms with Crippen LogP contribution in [0.1, 0.15) is 37.0 Å². The second-order valence-electron chi connectivity index (χ2n) is 4.23. The van der Waals surface area contributed by atoms with Crippen LogP contribution in [0.25, 0.3) is 0 Å². The minimum absolute atomic E-state index is 0.329. The van der Waals surface area contributed by atoms with Crippen LogP contribution >= 0.6 is 11.6 Å². The van der Waals surface area contributed by atoms with Crippen LogP contribution in [0.3, 0.4) is 0 Å². The zero-order chi connectivity index (χ0) is 12.8. The van der Waals surface area contributed by atoms with Crippen molar-refractivity contribution >= 4 is 23.3 Å². The molecule has 0 aliphatic heterocycles. The number of hydrogen-bond acceptors (Lipinski definition) is 3. The fourth-order valence-corrected chi connectivity index (χ4v) is 1.77. The minimum atomic E-state index is -0.412. The smallest absolute Gasteiger partial charge is 0.339 e. The van der Waals surface area contributed by atoms with Crippen molar-refractivity contribution in [3.8, 4) is 0 Å². The molecule has 0 saturated carbocycles. The van der Waals surface area contributed by atoms with Gasteiger partial charge in [-0.05, 0) is 30.5 Å². The number of rotatable bonds is 5. The molecule has 1 aromatic carbocycles. The SMILES string of the molecule is CCCC(C)COC(=O)c1cc(N)ccc1Cl. The highest BCUT2D eigenvalue weighted by atomic mass is 35.5. The van der Waals surface area contributed by atoms with Crippen LogP contribution in [0.15, 0.2) is 18.2 Å². The summed E-state index contributed by atoms with van der Waals surface area (Å²) in [7, 11) is 0. The number of nitrogens with two attached hydrogens (primary N) is 1. The van der Waals surface area contributed by atoms with Gasteiger partial charge in [0.15, 0.2) is 0 Å². The molecule has 0 aromatic heterocycles. The van der Waals surface area contributed by atoms with E-state index in [4.69, 9.17) is 22.1 Å². The van der Waals surface area contributed by atoms with E-state index < -0.39 is 5.97 Å². The summed E-state index contributed by atoms with van der Waals surface area (Å²) in [6, 6.07) is 4.79. The summed E-state index contributed by atoms with van der Waals surface area (Å²) < 4.78 is 5.20. The number of carbonyl (C=O) groups is 1. The molecule has 3 nitrogen and oxygen atoms in total. The molecule has 0 aliphatic carbocycles. The Labute approximate surface area is 107 Å². The second-order valence-corrected chi connectivity index (χ2v) is 4.64. The predicted molar refractivity (Wildman–Crippen MR) is 70.2 cm³/mol. The molecule has 0 aliphatic rings. The van der Waals surface area contributed by atoms with Gasteiger partial charge < -0.3 is 10.5 Å². The van der Waals surface area contributed by atoms with Crippen molar-refractivity contribution in [2.75, 3.05) is 12.3 Å². The zero-order valence-electron chi connectivity index (χ0n) is 10.2. The van der Waals surface area contributed by atoms with E-state index in [2.05, 4.69) is 13.8 Å². The summed E-state index contributed by atoms with van der Waals surface area (Å²) in [6.07, 6.45) is 2.12. The normalized spacial score (nSPS) is 12.2. The van der Waals surface area contributed by atoms with E-state index in [1.807, 2.05) is 0 Å². The summed E-state index contributed by atoms with van der Waals surface area (Å²) in [5.41, 5.74) is 6.43. The maximum atomic E-state index is 11.8. The molecule has 0 heterocycles. The lowest BCUT2D eigenvalue weighted by Crippen LogP contribution is -2.12. The van der Waals surface area contributed by atoms with E-state index in [0.717, 1.165) is 12.8 Å². The highest BCUT2D eigenvalue weighted by Gasteiger charge is 2.13. The maximum absolute atomic E-state index is 11.8. The van der Waals surface area contributed by atoms with Crippen LogP contribution < -0.4 is 5.73 Å². The van der Waals surface area contributed by atoms with Crippen LogP contribution in [0.5, 0.6) is 0 Å². The molecule has 4 heteroatoms. The van der Waals surface area contributed by atoms with Gasteiger partial charge in [0.1, 0.15) is 0 Å². The molecule has 0 radical (unpaired) electrons. The Balaban J connectivity index is 2.61. The number of carbonyl (C=O) groups excluding carboxylic acids is 1. The number of benzene rings is 1. The van der Waals surface area contributed by atoms with Gasteiger partial charge in [0, 0.05) is 5.69 Å². The Hall–Kier alpha value is -1.22. The molecule has 1 unspecified atom stereocenters. The summed E-state index contributed by atoms with van der Waals surface area (Å²) in [5, 5.41) is 0.368. The second kappa shape index (κ2) is 6.50. The van der Waals surface area contributed by atoms with Gasteiger partial charge in [0.2, 0.25) is 0 Å². The minimum Gasteiger partial charge on any atom is -0.462 e. The molecule has 94 valence electrons. The third kappa shape index (κ3) is 4.27. The van der Waals surface area contributed by atoms with E-state index in [-0.39, 0.29) is 0 Å². The van der Waals surface area contributed by atoms with E-state index in [1.54, 1.807) is 12.1 Å². The van der Waals surface area contributed by atoms with Crippen molar-refractivity contribution in [1.29, 1.82) is 0 Å². The van der Waals surface area contributed by atoms with Crippen LogP contribution in [0.4, 0.5) is 5.69 Å². The molecular weight excluding hydrogens is 238 g/mol. The van der Waals surface area contributed by atoms with Crippen LogP contribution in [0, 0.1) is 5.92 Å². The van der Waals surface area contributed by atoms with Gasteiger partial charge in [-0.15, -0.1) is 0 Å². The van der Waals surface area contributed by atoms with Crippen molar-refractivity contribution in [1.82, 2.24) is 0 Å². The lowest BCUT2D eigenvalue weighted by Gasteiger charge is -2.11. The average Bonchev–Trinajstić information content (AvgIpc) is 2.29. The van der Waals surface area contributed by atoms with Crippen molar-refractivity contribution in [2.24, 2.45) is 5.92 Å². The Kier molecular flexibility index (Phi) is 5.29. The van der Waals surface area contributed by atoms with Crippen molar-refractivity contribution in [3.05, 3.63) is 28.8 Å². The van der Waals surface area contributed by atoms with Gasteiger partial charge in [-0.25, -0.2) is 4.79 Å². The molecule has 2 N–H and O–H groups in total. The van der Waals surface area contributed by atoms with Crippen LogP contribution in [0.2, 0.25) is 5.02 Å². The fourth-order valence-electron chi connectivity index (χ4n) is 1.57. The summed E-state index contributed by atoms with van der Waals surface area (Å²) in [5.74, 6) is -0.0472. The first kappa shape index (κ1) is 13.8. The first-order chi connectivity index (χ1) is 8.04. The molecule has 17 heavy (non-hydrogen) atoms. The predicted octanol–water partition coefficient (Wildman–Crippen LogP) is 3.52. The first-order valence-corrected chi connectivity index (χ1v) is 6.14. The van der Waals surface area contributed by atoms with E-state index in [0.29, 0.717) is 28.8 Å². The third-order valence-electron chi connectivity index (χ3n) is 2.49. The first-order valence-electron chi connectivity index (χ1n) is 5.76. The average molecular weight is 256 g/mol. The van der Waals surface area contributed by atoms with Crippen LogP contribution in [-0.2, 0) is 4.74 Å². The molecule has 1 atom stereocenters. The van der Waals surface area contributed by atoms with Gasteiger partial charge in [-0.3, -0.25) is 0 Å². The Bertz CT molecular complexity index is 393. The number of nitrogen functional groups attached to an aromatic ring is 1. The van der Waals surface area contributed by atoms with Crippen molar-refractivity contribution in [3.63, 3.8) is 0 Å². The van der Waals surface area contributed by atoms with Crippen molar-refractivity contribution in [2.45, 2.75) is 26.7 Å². The van der Waals surface area contributed by atoms with Gasteiger partial charge in [0.25, 0.3) is 0 Å². The van der Waals surface area contributed by atoms with Gasteiger partial charge in [0.05, 0.1) is 17.2 Å². The number of hydrogen-bond donors (Lipinski definition) is 1. The molecule has 0 spiro atoms. The summed E-state index contributed by atoms with van der Waals surface area (Å²) in [6.45, 7) is 4.57. The number of esters is 1. The van der Waals surface area contributed by atoms with Gasteiger partial charge in [-0.1, -0.05) is 31.9 Å². The number of halogens is 1. The molecule has 0 fully saturated rings. The molecule has 0 amide bonds. The monoisotopic (exact) mass is 255 g/mol. The molecule has 1 rings (SSSR count). The standard InChI is InChI=1S/C13H18ClNO2/c1-3-4-9(2)8-17-13(16)11-7-10(15)5-6-12(11)14/h5-7,9H,3-4,8,15H2,1-2H3. The molecule has 0 saturated heterocycles. The highest BCUT2D eigenvalue weighted by molar-refractivity contribution is 6.33. The number of anilines is 1. The van der Waals surface area contributed by atoms with Crippen LogP contribution in [-0.4, -0.2) is 12.6 Å². The van der Waals surface area contributed by atoms with Gasteiger partial charge >= 0.3 is 5.97 Å². The summed E-state index contributed by atoms with van der Waals surface area (Å²) >= 11 is 5.91. The quantitative estimate of drug-likeness (QED) is 0.647.